The number of alkyl halides is 1. The van der Waals surface area contributed by atoms with Crippen molar-refractivity contribution in [2.45, 2.75) is 12.6 Å². The van der Waals surface area contributed by atoms with Gasteiger partial charge in [0.25, 0.3) is 0 Å². The smallest absolute Gasteiger partial charge is 0.390 e. The molecule has 1 rings (SSSR count). The Morgan fingerprint density at radius 1 is 1.44 bits per heavy atom. The predicted molar refractivity (Wildman–Crippen MR) is 48.6 cm³/mol. The van der Waals surface area contributed by atoms with E-state index in [1.54, 1.807) is 0 Å². The van der Waals surface area contributed by atoms with Gasteiger partial charge in [-0.3, -0.25) is 4.94 Å². The molecule has 0 heterocycles. The van der Waals surface area contributed by atoms with Crippen LogP contribution in [0.1, 0.15) is 12.5 Å². The number of hydrogen-bond donors (Lipinski definition) is 0. The zero-order valence-corrected chi connectivity index (χ0v) is 8.59. The molecule has 0 radical (unpaired) electrons. The van der Waals surface area contributed by atoms with Crippen molar-refractivity contribution in [3.8, 4) is 5.75 Å². The standard InChI is InChI=1S/C10H9F3O3/c1-10(12,9(14)16-13)6-4-3-5-7(15-2)8(6)11/h3-5H,1-2H3/t10-/m0/s1. The molecule has 0 aromatic heterocycles. The highest BCUT2D eigenvalue weighted by molar-refractivity contribution is 5.80. The summed E-state index contributed by atoms with van der Waals surface area (Å²) >= 11 is 0. The molecular weight excluding hydrogens is 225 g/mol. The van der Waals surface area contributed by atoms with E-state index in [1.807, 2.05) is 0 Å². The number of hydrogen-bond acceptors (Lipinski definition) is 3. The highest BCUT2D eigenvalue weighted by Crippen LogP contribution is 2.33. The SMILES string of the molecule is COc1cccc([C@](C)(F)C(=O)OF)c1F. The second-order valence-corrected chi connectivity index (χ2v) is 3.19. The van der Waals surface area contributed by atoms with Gasteiger partial charge in [0.1, 0.15) is 0 Å². The third-order valence-corrected chi connectivity index (χ3v) is 2.14. The van der Waals surface area contributed by atoms with Gasteiger partial charge in [-0.25, -0.2) is 13.6 Å². The van der Waals surface area contributed by atoms with Crippen LogP contribution in [0.2, 0.25) is 0 Å². The zero-order valence-electron chi connectivity index (χ0n) is 8.59. The average molecular weight is 234 g/mol. The lowest BCUT2D eigenvalue weighted by atomic mass is 9.97. The molecule has 0 fully saturated rings. The molecule has 1 atom stereocenters. The Kier molecular flexibility index (Phi) is 3.41. The van der Waals surface area contributed by atoms with Crippen molar-refractivity contribution in [2.24, 2.45) is 0 Å². The van der Waals surface area contributed by atoms with E-state index in [1.165, 1.54) is 19.2 Å². The van der Waals surface area contributed by atoms with Crippen LogP contribution in [0.25, 0.3) is 0 Å². The maximum Gasteiger partial charge on any atom is 0.390 e. The number of rotatable bonds is 3. The molecule has 0 N–H and O–H groups in total. The first kappa shape index (κ1) is 12.4. The largest absolute Gasteiger partial charge is 0.494 e. The number of methoxy groups -OCH3 is 1. The Morgan fingerprint density at radius 2 is 2.06 bits per heavy atom. The van der Waals surface area contributed by atoms with E-state index in [-0.39, 0.29) is 5.75 Å². The van der Waals surface area contributed by atoms with Gasteiger partial charge in [0.2, 0.25) is 5.67 Å². The molecule has 88 valence electrons. The summed E-state index contributed by atoms with van der Waals surface area (Å²) in [5.41, 5.74) is -3.55. The second-order valence-electron chi connectivity index (χ2n) is 3.19. The minimum absolute atomic E-state index is 0.243. The summed E-state index contributed by atoms with van der Waals surface area (Å²) in [6.07, 6.45) is 0. The third-order valence-electron chi connectivity index (χ3n) is 2.14. The fourth-order valence-electron chi connectivity index (χ4n) is 1.21. The molecular formula is C10H9F3O3. The molecule has 0 aliphatic carbocycles. The van der Waals surface area contributed by atoms with Crippen molar-refractivity contribution in [1.82, 2.24) is 0 Å². The van der Waals surface area contributed by atoms with E-state index in [0.29, 0.717) is 6.92 Å². The molecule has 0 unspecified atom stereocenters. The lowest BCUT2D eigenvalue weighted by Gasteiger charge is -2.17. The molecule has 1 aromatic carbocycles. The minimum atomic E-state index is -2.91. The van der Waals surface area contributed by atoms with Crippen LogP contribution in [-0.4, -0.2) is 13.1 Å². The fourth-order valence-corrected chi connectivity index (χ4v) is 1.21. The minimum Gasteiger partial charge on any atom is -0.494 e. The van der Waals surface area contributed by atoms with Crippen molar-refractivity contribution in [3.63, 3.8) is 0 Å². The molecule has 0 saturated carbocycles. The highest BCUT2D eigenvalue weighted by atomic mass is 19.3. The molecule has 0 amide bonds. The van der Waals surface area contributed by atoms with Crippen molar-refractivity contribution in [3.05, 3.63) is 29.6 Å². The van der Waals surface area contributed by atoms with Gasteiger partial charge in [0.05, 0.1) is 7.11 Å². The molecule has 0 spiro atoms. The maximum absolute atomic E-state index is 13.8. The van der Waals surface area contributed by atoms with Gasteiger partial charge in [0, 0.05) is 10.1 Å². The Balaban J connectivity index is 3.28. The van der Waals surface area contributed by atoms with E-state index in [9.17, 15) is 18.1 Å². The highest BCUT2D eigenvalue weighted by Gasteiger charge is 2.41. The topological polar surface area (TPSA) is 35.5 Å². The number of halogens is 3. The van der Waals surface area contributed by atoms with E-state index >= 15 is 0 Å². The number of ether oxygens (including phenoxy) is 1. The van der Waals surface area contributed by atoms with Crippen LogP contribution in [0.5, 0.6) is 5.75 Å². The molecule has 0 bridgehead atoms. The van der Waals surface area contributed by atoms with Gasteiger partial charge in [0.15, 0.2) is 11.6 Å². The summed E-state index contributed by atoms with van der Waals surface area (Å²) < 4.78 is 43.6. The maximum atomic E-state index is 13.8. The number of carbonyl (C=O) groups excluding carboxylic acids is 1. The second kappa shape index (κ2) is 4.42. The summed E-state index contributed by atoms with van der Waals surface area (Å²) in [6, 6.07) is 3.53. The molecule has 16 heavy (non-hydrogen) atoms. The molecule has 0 saturated heterocycles. The van der Waals surface area contributed by atoms with Crippen LogP contribution in [0, 0.1) is 5.82 Å². The van der Waals surface area contributed by atoms with Gasteiger partial charge in [-0.1, -0.05) is 12.1 Å². The van der Waals surface area contributed by atoms with E-state index in [4.69, 9.17) is 0 Å². The van der Waals surface area contributed by atoms with E-state index in [2.05, 4.69) is 9.68 Å². The van der Waals surface area contributed by atoms with Crippen LogP contribution in [0.15, 0.2) is 18.2 Å². The summed E-state index contributed by atoms with van der Waals surface area (Å²) in [7, 11) is 1.19. The van der Waals surface area contributed by atoms with Crippen molar-refractivity contribution in [1.29, 1.82) is 0 Å². The Hall–Kier alpha value is -1.72. The Morgan fingerprint density at radius 3 is 2.56 bits per heavy atom. The molecule has 6 heteroatoms. The average Bonchev–Trinajstić information content (AvgIpc) is 2.27. The predicted octanol–water partition coefficient (Wildman–Crippen LogP) is 2.45. The van der Waals surface area contributed by atoms with E-state index < -0.39 is 23.0 Å². The Bertz CT molecular complexity index is 404. The van der Waals surface area contributed by atoms with Crippen LogP contribution in [-0.2, 0) is 15.4 Å². The molecule has 0 aliphatic heterocycles. The van der Waals surface area contributed by atoms with Crippen LogP contribution in [0.4, 0.5) is 13.3 Å². The summed E-state index contributed by atoms with van der Waals surface area (Å²) in [5, 5.41) is 0. The first-order chi connectivity index (χ1) is 7.45. The van der Waals surface area contributed by atoms with E-state index in [0.717, 1.165) is 6.07 Å². The molecule has 1 aromatic rings. The van der Waals surface area contributed by atoms with Crippen molar-refractivity contribution < 1.29 is 27.8 Å². The summed E-state index contributed by atoms with van der Waals surface area (Å²) in [4.78, 5) is 13.6. The molecule has 0 aliphatic rings. The summed E-state index contributed by atoms with van der Waals surface area (Å²) in [6.45, 7) is 0.701. The summed E-state index contributed by atoms with van der Waals surface area (Å²) in [5.74, 6) is -3.13. The first-order valence-electron chi connectivity index (χ1n) is 4.30. The van der Waals surface area contributed by atoms with Gasteiger partial charge in [-0.05, 0) is 13.0 Å². The van der Waals surface area contributed by atoms with Crippen molar-refractivity contribution >= 4 is 5.97 Å². The van der Waals surface area contributed by atoms with Gasteiger partial charge >= 0.3 is 5.97 Å². The molecule has 3 nitrogen and oxygen atoms in total. The third kappa shape index (κ3) is 1.95. The monoisotopic (exact) mass is 234 g/mol. The van der Waals surface area contributed by atoms with Crippen LogP contribution >= 0.6 is 0 Å². The lowest BCUT2D eigenvalue weighted by molar-refractivity contribution is -0.198. The van der Waals surface area contributed by atoms with Gasteiger partial charge < -0.3 is 4.74 Å². The normalized spacial score (nSPS) is 14.1. The van der Waals surface area contributed by atoms with Gasteiger partial charge in [-0.15, -0.1) is 0 Å². The first-order valence-corrected chi connectivity index (χ1v) is 4.30. The van der Waals surface area contributed by atoms with Gasteiger partial charge in [-0.2, -0.15) is 0 Å². The van der Waals surface area contributed by atoms with Crippen LogP contribution in [0.3, 0.4) is 0 Å². The van der Waals surface area contributed by atoms with Crippen LogP contribution < -0.4 is 4.74 Å². The number of carbonyl (C=O) groups is 1. The number of benzene rings is 1. The quantitative estimate of drug-likeness (QED) is 0.805. The fraction of sp³-hybridized carbons (Fsp3) is 0.300. The Labute approximate surface area is 89.7 Å². The zero-order chi connectivity index (χ0) is 12.3. The van der Waals surface area contributed by atoms with Crippen molar-refractivity contribution in [2.75, 3.05) is 7.11 Å². The lowest BCUT2D eigenvalue weighted by Crippen LogP contribution is -2.29.